The van der Waals surface area contributed by atoms with Gasteiger partial charge in [-0.2, -0.15) is 0 Å². The maximum atomic E-state index is 13.2. The highest BCUT2D eigenvalue weighted by molar-refractivity contribution is 5.76. The van der Waals surface area contributed by atoms with Gasteiger partial charge in [-0.15, -0.1) is 0 Å². The minimum Gasteiger partial charge on any atom is -0.481 e. The Hall–Kier alpha value is -1.96. The van der Waals surface area contributed by atoms with E-state index in [1.807, 2.05) is 6.92 Å². The summed E-state index contributed by atoms with van der Waals surface area (Å²) < 4.78 is 35.8. The third-order valence-corrected chi connectivity index (χ3v) is 19.7. The van der Waals surface area contributed by atoms with E-state index in [1.54, 1.807) is 0 Å². The molecule has 0 aromatic rings. The fourth-order valence-corrected chi connectivity index (χ4v) is 15.1. The van der Waals surface area contributed by atoms with Crippen LogP contribution in [-0.2, 0) is 38.0 Å². The van der Waals surface area contributed by atoms with E-state index in [9.17, 15) is 70.9 Å². The molecule has 3 aliphatic heterocycles. The van der Waals surface area contributed by atoms with Crippen molar-refractivity contribution in [1.82, 2.24) is 0 Å². The Bertz CT molecular complexity index is 1910. The van der Waals surface area contributed by atoms with Gasteiger partial charge < -0.3 is 89.7 Å². The van der Waals surface area contributed by atoms with Crippen molar-refractivity contribution in [3.8, 4) is 0 Å². The SMILES string of the molecule is C[C@@H]1O[C@@H](O[C@H]2[C@H](O[C@H]3CC[C@@]4(C)[C@@H](CC[C@]5(C)[C@@H]4CC=C4[C@@H]6C[C@@](C)(CO)CC[C@]6(C(=O)O)CC[C@]45C)[C@@]3(C)CO)O[C@H](CO)[C@@H](O)[C@@H]2O)[C@@H](O)[C@H](O[C@@H]2O[C@H](C(=O)O)[C@@H](O)[C@H](O)[C@H]2O)[C@H]1O. The number of hydrogen-bond donors (Lipinski definition) is 12. The zero-order valence-corrected chi connectivity index (χ0v) is 39.9. The number of rotatable bonds is 11. The Morgan fingerprint density at radius 2 is 1.32 bits per heavy atom. The molecule has 8 rings (SSSR count). The first-order valence-corrected chi connectivity index (χ1v) is 24.5. The highest BCUT2D eigenvalue weighted by atomic mass is 16.8. The number of hydrogen-bond acceptors (Lipinski definition) is 18. The van der Waals surface area contributed by atoms with Crippen molar-refractivity contribution in [3.05, 3.63) is 11.6 Å². The van der Waals surface area contributed by atoms with Crippen molar-refractivity contribution >= 4 is 11.9 Å². The van der Waals surface area contributed by atoms with Crippen LogP contribution in [0.5, 0.6) is 0 Å². The predicted molar refractivity (Wildman–Crippen MR) is 233 cm³/mol. The molecule has 20 nitrogen and oxygen atoms in total. The summed E-state index contributed by atoms with van der Waals surface area (Å²) in [6, 6.07) is 0. The second-order valence-corrected chi connectivity index (χ2v) is 23.1. The molecule has 0 unspecified atom stereocenters. The van der Waals surface area contributed by atoms with E-state index in [0.29, 0.717) is 44.9 Å². The Morgan fingerprint density at radius 1 is 0.662 bits per heavy atom. The number of aliphatic carboxylic acids is 2. The number of allylic oxidation sites excluding steroid dienone is 2. The molecule has 5 aliphatic carbocycles. The fourth-order valence-electron chi connectivity index (χ4n) is 15.1. The largest absolute Gasteiger partial charge is 0.481 e. The van der Waals surface area contributed by atoms with Crippen molar-refractivity contribution in [3.63, 3.8) is 0 Å². The summed E-state index contributed by atoms with van der Waals surface area (Å²) in [6.45, 7) is 11.4. The molecule has 0 amide bonds. The molecule has 0 bridgehead atoms. The maximum absolute atomic E-state index is 13.2. The summed E-state index contributed by atoms with van der Waals surface area (Å²) in [7, 11) is 0. The lowest BCUT2D eigenvalue weighted by Gasteiger charge is -2.71. The van der Waals surface area contributed by atoms with Gasteiger partial charge in [-0.25, -0.2) is 4.79 Å². The van der Waals surface area contributed by atoms with E-state index in [1.165, 1.54) is 12.5 Å². The van der Waals surface area contributed by atoms with Gasteiger partial charge in [0.15, 0.2) is 25.0 Å². The van der Waals surface area contributed by atoms with E-state index < -0.39 is 128 Å². The third kappa shape index (κ3) is 7.94. The molecule has 20 heteroatoms. The van der Waals surface area contributed by atoms with Crippen LogP contribution in [-0.4, -0.2) is 191 Å². The zero-order chi connectivity index (χ0) is 49.8. The fraction of sp³-hybridized carbons (Fsp3) is 0.917. The van der Waals surface area contributed by atoms with E-state index in [0.717, 1.165) is 19.3 Å². The Morgan fingerprint density at radius 3 is 1.96 bits per heavy atom. The van der Waals surface area contributed by atoms with E-state index in [4.69, 9.17) is 28.4 Å². The van der Waals surface area contributed by atoms with Gasteiger partial charge in [0.1, 0.15) is 61.0 Å². The summed E-state index contributed by atoms with van der Waals surface area (Å²) in [5, 5.41) is 129. The van der Waals surface area contributed by atoms with Gasteiger partial charge in [-0.3, -0.25) is 4.79 Å². The van der Waals surface area contributed by atoms with Gasteiger partial charge in [0.05, 0.1) is 30.8 Å². The molecule has 388 valence electrons. The van der Waals surface area contributed by atoms with Crippen LogP contribution in [0.3, 0.4) is 0 Å². The number of carboxylic acids is 2. The standard InChI is InChI=1S/C48H76O20/c1-21-28(52)35(66-39-33(57)30(54)32(56)36(67-39)38(59)60)34(58)40(63-21)68-37-31(55)29(53)24(18-49)64-41(37)65-27-10-11-44(3)25(45(27,4)20-51)9-12-47(6)26(44)8-7-22-23-17-43(2,19-50)13-15-48(23,42(61)62)16-14-46(22,47)5/h7,21,23-37,39-41,49-58H,8-20H2,1-6H3,(H,59,60)(H,61,62)/t21-,23-,24+,25+,26+,27-,28-,29+,30-,31-,32-,33+,34-,35+,36-,37+,39+,40-,41-,43-,44-,45+,46+,47+,48-/m0/s1. The van der Waals surface area contributed by atoms with Gasteiger partial charge in [0.2, 0.25) is 0 Å². The maximum Gasteiger partial charge on any atom is 0.335 e. The number of carbonyl (C=O) groups is 2. The second-order valence-electron chi connectivity index (χ2n) is 23.1. The first-order chi connectivity index (χ1) is 31.8. The van der Waals surface area contributed by atoms with Crippen molar-refractivity contribution in [2.45, 2.75) is 204 Å². The molecule has 4 saturated carbocycles. The normalized spacial score (nSPS) is 54.9. The van der Waals surface area contributed by atoms with Crippen molar-refractivity contribution in [2.75, 3.05) is 19.8 Å². The quantitative estimate of drug-likeness (QED) is 0.0940. The summed E-state index contributed by atoms with van der Waals surface area (Å²) in [4.78, 5) is 24.9. The predicted octanol–water partition coefficient (Wildman–Crippen LogP) is -0.229. The molecule has 0 radical (unpaired) electrons. The molecule has 0 spiro atoms. The average Bonchev–Trinajstić information content (AvgIpc) is 3.29. The lowest BCUT2D eigenvalue weighted by molar-refractivity contribution is -0.389. The number of aliphatic hydroxyl groups excluding tert-OH is 10. The minimum absolute atomic E-state index is 0.000769. The summed E-state index contributed by atoms with van der Waals surface area (Å²) in [6.07, 6.45) is -18.5. The van der Waals surface area contributed by atoms with Gasteiger partial charge >= 0.3 is 11.9 Å². The summed E-state index contributed by atoms with van der Waals surface area (Å²) >= 11 is 0. The van der Waals surface area contributed by atoms with Crippen LogP contribution < -0.4 is 0 Å². The number of ether oxygens (including phenoxy) is 6. The highest BCUT2D eigenvalue weighted by Crippen LogP contribution is 2.76. The Balaban J connectivity index is 1.04. The Labute approximate surface area is 396 Å². The average molecular weight is 973 g/mol. The molecule has 0 aromatic carbocycles. The number of carboxylic acid groups (broad SMARTS) is 2. The first kappa shape index (κ1) is 52.4. The van der Waals surface area contributed by atoms with Crippen LogP contribution >= 0.6 is 0 Å². The van der Waals surface area contributed by atoms with Crippen molar-refractivity contribution in [1.29, 1.82) is 0 Å². The molecule has 0 aromatic heterocycles. The molecular weight excluding hydrogens is 897 g/mol. The van der Waals surface area contributed by atoms with E-state index in [-0.39, 0.29) is 52.6 Å². The molecule has 8 aliphatic rings. The zero-order valence-electron chi connectivity index (χ0n) is 39.9. The highest BCUT2D eigenvalue weighted by Gasteiger charge is 2.70. The Kier molecular flexibility index (Phi) is 14.3. The molecule has 7 fully saturated rings. The topological polar surface area (TPSA) is 332 Å². The summed E-state index contributed by atoms with van der Waals surface area (Å²) in [5.41, 5.74) is -1.79. The third-order valence-electron chi connectivity index (χ3n) is 19.7. The minimum atomic E-state index is -2.04. The van der Waals surface area contributed by atoms with Crippen LogP contribution in [0.2, 0.25) is 0 Å². The van der Waals surface area contributed by atoms with Gasteiger partial charge in [0, 0.05) is 12.0 Å². The van der Waals surface area contributed by atoms with Crippen LogP contribution in [0.1, 0.15) is 106 Å². The molecule has 3 saturated heterocycles. The number of aliphatic hydroxyl groups is 10. The van der Waals surface area contributed by atoms with Crippen LogP contribution in [0.15, 0.2) is 11.6 Å². The molecular formula is C48H76O20. The smallest absolute Gasteiger partial charge is 0.335 e. The van der Waals surface area contributed by atoms with Crippen LogP contribution in [0.25, 0.3) is 0 Å². The van der Waals surface area contributed by atoms with Crippen molar-refractivity contribution < 1.29 is 99.3 Å². The van der Waals surface area contributed by atoms with Crippen LogP contribution in [0, 0.1) is 50.2 Å². The molecule has 3 heterocycles. The van der Waals surface area contributed by atoms with Gasteiger partial charge in [0.25, 0.3) is 0 Å². The van der Waals surface area contributed by atoms with E-state index >= 15 is 0 Å². The lowest BCUT2D eigenvalue weighted by atomic mass is 9.33. The lowest BCUT2D eigenvalue weighted by Crippen LogP contribution is -2.68. The monoisotopic (exact) mass is 972 g/mol. The first-order valence-electron chi connectivity index (χ1n) is 24.5. The molecule has 25 atom stereocenters. The van der Waals surface area contributed by atoms with Gasteiger partial charge in [-0.1, -0.05) is 46.3 Å². The molecule has 12 N–H and O–H groups in total. The summed E-state index contributed by atoms with van der Waals surface area (Å²) in [5.74, 6) is -2.58. The van der Waals surface area contributed by atoms with E-state index in [2.05, 4.69) is 33.8 Å². The van der Waals surface area contributed by atoms with Crippen LogP contribution in [0.4, 0.5) is 0 Å². The van der Waals surface area contributed by atoms with Crippen molar-refractivity contribution in [2.24, 2.45) is 50.2 Å². The second kappa shape index (κ2) is 18.5. The number of fused-ring (bicyclic) bond motifs is 7. The molecule has 68 heavy (non-hydrogen) atoms. The van der Waals surface area contributed by atoms with Gasteiger partial charge in [-0.05, 0) is 111 Å².